The molecule has 0 fully saturated rings. The summed E-state index contributed by atoms with van der Waals surface area (Å²) < 4.78 is 0. The van der Waals surface area contributed by atoms with Crippen LogP contribution in [0.1, 0.15) is 15.9 Å². The van der Waals surface area contributed by atoms with Gasteiger partial charge >= 0.3 is 5.97 Å². The maximum absolute atomic E-state index is 10.9. The van der Waals surface area contributed by atoms with Crippen LogP contribution in [-0.4, -0.2) is 16.2 Å². The zero-order chi connectivity index (χ0) is 13.1. The third kappa shape index (κ3) is 2.70. The first kappa shape index (κ1) is 12.6. The minimum atomic E-state index is -1.01. The summed E-state index contributed by atoms with van der Waals surface area (Å²) >= 11 is 5.90. The topological polar surface area (TPSA) is 57.5 Å². The second kappa shape index (κ2) is 5.21. The Kier molecular flexibility index (Phi) is 3.65. The molecule has 0 saturated carbocycles. The smallest absolute Gasteiger partial charge is 0.335 e. The van der Waals surface area contributed by atoms with Gasteiger partial charge in [0.05, 0.1) is 12.2 Å². The summed E-state index contributed by atoms with van der Waals surface area (Å²) in [7, 11) is 0. The number of aromatic carboxylic acids is 1. The van der Waals surface area contributed by atoms with E-state index in [2.05, 4.69) is 0 Å². The molecule has 0 aromatic heterocycles. The molecule has 0 saturated heterocycles. The Morgan fingerprint density at radius 1 is 1.06 bits per heavy atom. The van der Waals surface area contributed by atoms with E-state index in [9.17, 15) is 4.79 Å². The lowest BCUT2D eigenvalue weighted by Crippen LogP contribution is -1.96. The lowest BCUT2D eigenvalue weighted by molar-refractivity contribution is 0.0697. The normalized spacial score (nSPS) is 10.3. The zero-order valence-corrected chi connectivity index (χ0v) is 10.2. The summed E-state index contributed by atoms with van der Waals surface area (Å²) in [6.45, 7) is -0.0177. The fraction of sp³-hybridized carbons (Fsp3) is 0.0714. The maximum atomic E-state index is 10.9. The minimum absolute atomic E-state index is 0.0177. The number of rotatable bonds is 3. The first-order valence-electron chi connectivity index (χ1n) is 5.34. The Morgan fingerprint density at radius 3 is 2.28 bits per heavy atom. The first-order chi connectivity index (χ1) is 8.60. The van der Waals surface area contributed by atoms with Gasteiger partial charge in [-0.3, -0.25) is 0 Å². The van der Waals surface area contributed by atoms with Gasteiger partial charge in [0.1, 0.15) is 0 Å². The molecule has 0 radical (unpaired) electrons. The molecule has 3 nitrogen and oxygen atoms in total. The van der Waals surface area contributed by atoms with Crippen LogP contribution in [0.3, 0.4) is 0 Å². The number of carboxylic acids is 1. The van der Waals surface area contributed by atoms with E-state index in [1.165, 1.54) is 6.07 Å². The van der Waals surface area contributed by atoms with Gasteiger partial charge in [0.2, 0.25) is 0 Å². The Hall–Kier alpha value is -1.84. The Bertz CT molecular complexity index is 576. The molecule has 2 aromatic rings. The molecule has 0 spiro atoms. The fourth-order valence-corrected chi connectivity index (χ4v) is 1.92. The van der Waals surface area contributed by atoms with Crippen molar-refractivity contribution in [3.63, 3.8) is 0 Å². The third-order valence-electron chi connectivity index (χ3n) is 2.61. The second-order valence-electron chi connectivity index (χ2n) is 3.89. The van der Waals surface area contributed by atoms with Gasteiger partial charge in [-0.1, -0.05) is 35.9 Å². The molecule has 0 aliphatic carbocycles. The Balaban J connectivity index is 2.46. The SMILES string of the molecule is O=C(O)c1cc(Cl)cc(-c2ccc(CO)cc2)c1. The molecule has 0 bridgehead atoms. The lowest BCUT2D eigenvalue weighted by atomic mass is 10.0. The number of aliphatic hydroxyl groups excluding tert-OH is 1. The van der Waals surface area contributed by atoms with Gasteiger partial charge in [0.15, 0.2) is 0 Å². The molecule has 2 N–H and O–H groups in total. The van der Waals surface area contributed by atoms with E-state index in [1.807, 2.05) is 12.1 Å². The van der Waals surface area contributed by atoms with Gasteiger partial charge in [-0.05, 0) is 34.9 Å². The molecule has 0 heterocycles. The molecule has 2 rings (SSSR count). The zero-order valence-electron chi connectivity index (χ0n) is 9.43. The van der Waals surface area contributed by atoms with Crippen molar-refractivity contribution in [2.45, 2.75) is 6.61 Å². The van der Waals surface area contributed by atoms with Crippen molar-refractivity contribution >= 4 is 17.6 Å². The summed E-state index contributed by atoms with van der Waals surface area (Å²) in [6.07, 6.45) is 0. The summed E-state index contributed by atoms with van der Waals surface area (Å²) in [6, 6.07) is 11.9. The molecule has 92 valence electrons. The molecule has 0 unspecified atom stereocenters. The predicted molar refractivity (Wildman–Crippen MR) is 69.8 cm³/mol. The van der Waals surface area contributed by atoms with Crippen molar-refractivity contribution in [2.24, 2.45) is 0 Å². The van der Waals surface area contributed by atoms with Gasteiger partial charge in [-0.15, -0.1) is 0 Å². The van der Waals surface area contributed by atoms with E-state index in [1.54, 1.807) is 24.3 Å². The van der Waals surface area contributed by atoms with Gasteiger partial charge in [0.25, 0.3) is 0 Å². The molecule has 0 aliphatic heterocycles. The average Bonchev–Trinajstić information content (AvgIpc) is 2.38. The molecule has 18 heavy (non-hydrogen) atoms. The molecular weight excluding hydrogens is 252 g/mol. The highest BCUT2D eigenvalue weighted by molar-refractivity contribution is 6.31. The Morgan fingerprint density at radius 2 is 1.72 bits per heavy atom. The third-order valence-corrected chi connectivity index (χ3v) is 2.83. The van der Waals surface area contributed by atoms with E-state index in [-0.39, 0.29) is 12.2 Å². The van der Waals surface area contributed by atoms with Crippen molar-refractivity contribution in [1.82, 2.24) is 0 Å². The van der Waals surface area contributed by atoms with Crippen molar-refractivity contribution in [2.75, 3.05) is 0 Å². The van der Waals surface area contributed by atoms with Crippen LogP contribution < -0.4 is 0 Å². The van der Waals surface area contributed by atoms with Gasteiger partial charge in [0, 0.05) is 5.02 Å². The summed E-state index contributed by atoms with van der Waals surface area (Å²) in [5.74, 6) is -1.01. The van der Waals surface area contributed by atoms with Crippen LogP contribution in [0.4, 0.5) is 0 Å². The van der Waals surface area contributed by atoms with Gasteiger partial charge in [-0.25, -0.2) is 4.79 Å². The largest absolute Gasteiger partial charge is 0.478 e. The average molecular weight is 263 g/mol. The van der Waals surface area contributed by atoms with E-state index >= 15 is 0 Å². The van der Waals surface area contributed by atoms with E-state index in [4.69, 9.17) is 21.8 Å². The van der Waals surface area contributed by atoms with Crippen LogP contribution in [-0.2, 0) is 6.61 Å². The fourth-order valence-electron chi connectivity index (χ4n) is 1.68. The standard InChI is InChI=1S/C14H11ClO3/c15-13-6-11(5-12(7-13)14(17)18)10-3-1-9(8-16)2-4-10/h1-7,16H,8H2,(H,17,18). The van der Waals surface area contributed by atoms with Crippen LogP contribution in [0.5, 0.6) is 0 Å². The molecule has 4 heteroatoms. The summed E-state index contributed by atoms with van der Waals surface area (Å²) in [5, 5.41) is 18.3. The van der Waals surface area contributed by atoms with E-state index in [0.717, 1.165) is 16.7 Å². The highest BCUT2D eigenvalue weighted by Gasteiger charge is 2.07. The molecular formula is C14H11ClO3. The van der Waals surface area contributed by atoms with Gasteiger partial charge < -0.3 is 10.2 Å². The van der Waals surface area contributed by atoms with Crippen LogP contribution in [0, 0.1) is 0 Å². The van der Waals surface area contributed by atoms with Crippen LogP contribution in [0.2, 0.25) is 5.02 Å². The second-order valence-corrected chi connectivity index (χ2v) is 4.33. The van der Waals surface area contributed by atoms with Crippen LogP contribution in [0.25, 0.3) is 11.1 Å². The highest BCUT2D eigenvalue weighted by atomic mass is 35.5. The number of carbonyl (C=O) groups is 1. The lowest BCUT2D eigenvalue weighted by Gasteiger charge is -2.05. The van der Waals surface area contributed by atoms with Gasteiger partial charge in [-0.2, -0.15) is 0 Å². The maximum Gasteiger partial charge on any atom is 0.335 e. The quantitative estimate of drug-likeness (QED) is 0.893. The molecule has 0 amide bonds. The first-order valence-corrected chi connectivity index (χ1v) is 5.72. The van der Waals surface area contributed by atoms with E-state index < -0.39 is 5.97 Å². The Labute approximate surface area is 109 Å². The van der Waals surface area contributed by atoms with Crippen molar-refractivity contribution in [3.05, 3.63) is 58.6 Å². The number of benzene rings is 2. The molecule has 0 atom stereocenters. The molecule has 0 aliphatic rings. The van der Waals surface area contributed by atoms with E-state index in [0.29, 0.717) is 5.02 Å². The van der Waals surface area contributed by atoms with Crippen molar-refractivity contribution in [1.29, 1.82) is 0 Å². The summed E-state index contributed by atoms with van der Waals surface area (Å²) in [5.41, 5.74) is 2.56. The van der Waals surface area contributed by atoms with Crippen LogP contribution in [0.15, 0.2) is 42.5 Å². The predicted octanol–water partition coefficient (Wildman–Crippen LogP) is 3.20. The number of halogens is 1. The summed E-state index contributed by atoms with van der Waals surface area (Å²) in [4.78, 5) is 10.9. The van der Waals surface area contributed by atoms with Crippen molar-refractivity contribution < 1.29 is 15.0 Å². The monoisotopic (exact) mass is 262 g/mol. The number of hydrogen-bond acceptors (Lipinski definition) is 2. The molecule has 2 aromatic carbocycles. The van der Waals surface area contributed by atoms with Crippen LogP contribution >= 0.6 is 11.6 Å². The highest BCUT2D eigenvalue weighted by Crippen LogP contribution is 2.25. The number of aliphatic hydroxyl groups is 1. The number of hydrogen-bond donors (Lipinski definition) is 2. The van der Waals surface area contributed by atoms with Crippen molar-refractivity contribution in [3.8, 4) is 11.1 Å². The minimum Gasteiger partial charge on any atom is -0.478 e. The number of carboxylic acid groups (broad SMARTS) is 1.